The molecule has 0 fully saturated rings. The molecule has 0 spiro atoms. The Bertz CT molecular complexity index is 1060. The summed E-state index contributed by atoms with van der Waals surface area (Å²) in [6.07, 6.45) is 1.92. The number of amides is 1. The Morgan fingerprint density at radius 1 is 1.03 bits per heavy atom. The van der Waals surface area contributed by atoms with Gasteiger partial charge in [0.25, 0.3) is 5.91 Å². The van der Waals surface area contributed by atoms with Gasteiger partial charge in [0.1, 0.15) is 11.8 Å². The Hall–Kier alpha value is -3.94. The van der Waals surface area contributed by atoms with E-state index in [1.54, 1.807) is 28.9 Å². The first-order valence-electron chi connectivity index (χ1n) is 9.66. The van der Waals surface area contributed by atoms with Crippen LogP contribution >= 0.6 is 0 Å². The number of esters is 1. The fourth-order valence-electron chi connectivity index (χ4n) is 3.20. The highest BCUT2D eigenvalue weighted by atomic mass is 16.5. The summed E-state index contributed by atoms with van der Waals surface area (Å²) in [6.45, 7) is 1.98. The normalized spacial score (nSPS) is 15.6. The highest BCUT2D eigenvalue weighted by molar-refractivity contribution is 6.38. The van der Waals surface area contributed by atoms with Crippen molar-refractivity contribution in [2.24, 2.45) is 5.10 Å². The minimum atomic E-state index is -0.686. The van der Waals surface area contributed by atoms with Crippen molar-refractivity contribution >= 4 is 29.1 Å². The number of para-hydroxylation sites is 2. The highest BCUT2D eigenvalue weighted by Gasteiger charge is 2.37. The van der Waals surface area contributed by atoms with Gasteiger partial charge < -0.3 is 10.1 Å². The van der Waals surface area contributed by atoms with Gasteiger partial charge in [-0.1, -0.05) is 36.4 Å². The summed E-state index contributed by atoms with van der Waals surface area (Å²) in [4.78, 5) is 25.2. The molecule has 1 aromatic heterocycles. The Morgan fingerprint density at radius 2 is 1.70 bits per heavy atom. The Morgan fingerprint density at radius 3 is 2.37 bits per heavy atom. The molecular weight excluding hydrogens is 382 g/mol. The van der Waals surface area contributed by atoms with Crippen LogP contribution in [0.4, 0.5) is 11.5 Å². The smallest absolute Gasteiger partial charge is 0.354 e. The van der Waals surface area contributed by atoms with E-state index in [4.69, 9.17) is 4.74 Å². The second kappa shape index (κ2) is 8.60. The van der Waals surface area contributed by atoms with Crippen LogP contribution in [0.25, 0.3) is 5.69 Å². The van der Waals surface area contributed by atoms with Crippen molar-refractivity contribution in [1.82, 2.24) is 9.78 Å². The van der Waals surface area contributed by atoms with Crippen LogP contribution < -0.4 is 10.3 Å². The van der Waals surface area contributed by atoms with Crippen molar-refractivity contribution in [3.05, 3.63) is 72.9 Å². The maximum Gasteiger partial charge on any atom is 0.354 e. The summed E-state index contributed by atoms with van der Waals surface area (Å²) in [6, 6.07) is 19.9. The summed E-state index contributed by atoms with van der Waals surface area (Å²) < 4.78 is 6.75. The van der Waals surface area contributed by atoms with E-state index in [1.165, 1.54) is 0 Å². The molecule has 3 aromatic rings. The second-order valence-corrected chi connectivity index (χ2v) is 6.64. The van der Waals surface area contributed by atoms with E-state index in [-0.39, 0.29) is 24.6 Å². The van der Waals surface area contributed by atoms with Crippen LogP contribution in [-0.2, 0) is 14.3 Å². The molecule has 0 radical (unpaired) electrons. The van der Waals surface area contributed by atoms with E-state index >= 15 is 0 Å². The molecule has 1 aliphatic heterocycles. The molecule has 1 atom stereocenters. The zero-order valence-corrected chi connectivity index (χ0v) is 16.4. The molecule has 152 valence electrons. The number of carbonyl (C=O) groups excluding carboxylic acids is 2. The molecule has 1 aliphatic rings. The molecule has 1 unspecified atom stereocenters. The van der Waals surface area contributed by atoms with E-state index in [2.05, 4.69) is 15.5 Å². The van der Waals surface area contributed by atoms with Crippen LogP contribution in [0.5, 0.6) is 0 Å². The lowest BCUT2D eigenvalue weighted by molar-refractivity contribution is -0.135. The SMILES string of the molecule is CCOC(=O)C1=NN(c2ccccc2)C(C(=O)Nc2ccn(-c3ccccc3)n2)C1. The average Bonchev–Trinajstić information content (AvgIpc) is 3.43. The molecule has 1 amide bonds. The molecule has 0 aliphatic carbocycles. The first-order chi connectivity index (χ1) is 14.7. The molecule has 2 aromatic carbocycles. The largest absolute Gasteiger partial charge is 0.461 e. The van der Waals surface area contributed by atoms with E-state index in [0.717, 1.165) is 5.69 Å². The molecule has 8 nitrogen and oxygen atoms in total. The lowest BCUT2D eigenvalue weighted by Crippen LogP contribution is -2.39. The maximum absolute atomic E-state index is 13.0. The van der Waals surface area contributed by atoms with E-state index in [9.17, 15) is 9.59 Å². The number of aromatic nitrogens is 2. The fourth-order valence-corrected chi connectivity index (χ4v) is 3.20. The summed E-state index contributed by atoms with van der Waals surface area (Å²) in [5.74, 6) is -0.399. The number of rotatable bonds is 6. The van der Waals surface area contributed by atoms with E-state index < -0.39 is 12.0 Å². The second-order valence-electron chi connectivity index (χ2n) is 6.64. The number of hydrogen-bond acceptors (Lipinski definition) is 6. The third kappa shape index (κ3) is 4.07. The van der Waals surface area contributed by atoms with Crippen molar-refractivity contribution < 1.29 is 14.3 Å². The average molecular weight is 403 g/mol. The Balaban J connectivity index is 1.53. The third-order valence-corrected chi connectivity index (χ3v) is 4.61. The molecule has 0 saturated heterocycles. The Labute approximate surface area is 173 Å². The molecule has 1 N–H and O–H groups in total. The van der Waals surface area contributed by atoms with Crippen LogP contribution in [0.3, 0.4) is 0 Å². The number of ether oxygens (including phenoxy) is 1. The van der Waals surface area contributed by atoms with Crippen LogP contribution in [0.2, 0.25) is 0 Å². The van der Waals surface area contributed by atoms with Crippen molar-refractivity contribution in [2.75, 3.05) is 16.9 Å². The fraction of sp³-hybridized carbons (Fsp3) is 0.182. The molecule has 2 heterocycles. The van der Waals surface area contributed by atoms with Crippen LogP contribution in [0.1, 0.15) is 13.3 Å². The van der Waals surface area contributed by atoms with Gasteiger partial charge in [-0.05, 0) is 31.2 Å². The Kier molecular flexibility index (Phi) is 5.56. The maximum atomic E-state index is 13.0. The lowest BCUT2D eigenvalue weighted by atomic mass is 10.1. The summed E-state index contributed by atoms with van der Waals surface area (Å²) in [5.41, 5.74) is 1.82. The van der Waals surface area contributed by atoms with Gasteiger partial charge in [-0.15, -0.1) is 0 Å². The minimum Gasteiger partial charge on any atom is -0.461 e. The van der Waals surface area contributed by atoms with Gasteiger partial charge in [-0.3, -0.25) is 9.80 Å². The zero-order chi connectivity index (χ0) is 20.9. The van der Waals surface area contributed by atoms with Gasteiger partial charge in [0.05, 0.1) is 18.0 Å². The van der Waals surface area contributed by atoms with Crippen molar-refractivity contribution in [3.63, 3.8) is 0 Å². The monoisotopic (exact) mass is 403 g/mol. The third-order valence-electron chi connectivity index (χ3n) is 4.61. The zero-order valence-electron chi connectivity index (χ0n) is 16.4. The number of carbonyl (C=O) groups is 2. The van der Waals surface area contributed by atoms with E-state index in [1.807, 2.05) is 60.7 Å². The molecule has 30 heavy (non-hydrogen) atoms. The van der Waals surface area contributed by atoms with Crippen molar-refractivity contribution in [3.8, 4) is 5.69 Å². The van der Waals surface area contributed by atoms with Gasteiger partial charge in [0, 0.05) is 18.7 Å². The van der Waals surface area contributed by atoms with Crippen molar-refractivity contribution in [1.29, 1.82) is 0 Å². The number of anilines is 2. The quantitative estimate of drug-likeness (QED) is 0.639. The van der Waals surface area contributed by atoms with Crippen molar-refractivity contribution in [2.45, 2.75) is 19.4 Å². The molecule has 4 rings (SSSR count). The predicted molar refractivity (Wildman–Crippen MR) is 114 cm³/mol. The standard InChI is InChI=1S/C22H21N5O3/c1-2-30-22(29)18-15-19(27(24-18)17-11-7-4-8-12-17)21(28)23-20-13-14-26(25-20)16-9-5-3-6-10-16/h3-14,19H,2,15H2,1H3,(H,23,25,28). The van der Waals surface area contributed by atoms with Crippen LogP contribution in [0.15, 0.2) is 78.0 Å². The van der Waals surface area contributed by atoms with Gasteiger partial charge in [0.15, 0.2) is 5.82 Å². The number of hydrazone groups is 1. The number of nitrogens with one attached hydrogen (secondary N) is 1. The minimum absolute atomic E-state index is 0.152. The highest BCUT2D eigenvalue weighted by Crippen LogP contribution is 2.26. The molecule has 0 bridgehead atoms. The first kappa shape index (κ1) is 19.4. The van der Waals surface area contributed by atoms with Gasteiger partial charge >= 0.3 is 5.97 Å². The topological polar surface area (TPSA) is 88.8 Å². The van der Waals surface area contributed by atoms with Gasteiger partial charge in [-0.2, -0.15) is 10.2 Å². The molecule has 0 saturated carbocycles. The molecule has 8 heteroatoms. The lowest BCUT2D eigenvalue weighted by Gasteiger charge is -2.22. The summed E-state index contributed by atoms with van der Waals surface area (Å²) in [7, 11) is 0. The van der Waals surface area contributed by atoms with E-state index in [0.29, 0.717) is 11.5 Å². The van der Waals surface area contributed by atoms with Crippen LogP contribution in [-0.4, -0.2) is 40.0 Å². The summed E-state index contributed by atoms with van der Waals surface area (Å²) >= 11 is 0. The number of hydrogen-bond donors (Lipinski definition) is 1. The van der Waals surface area contributed by atoms with Crippen LogP contribution in [0, 0.1) is 0 Å². The number of benzene rings is 2. The predicted octanol–water partition coefficient (Wildman–Crippen LogP) is 3.01. The van der Waals surface area contributed by atoms with Gasteiger partial charge in [0.2, 0.25) is 0 Å². The molecular formula is C22H21N5O3. The summed E-state index contributed by atoms with van der Waals surface area (Å²) in [5, 5.41) is 13.2. The number of nitrogens with zero attached hydrogens (tertiary/aromatic N) is 4. The van der Waals surface area contributed by atoms with Gasteiger partial charge in [-0.25, -0.2) is 9.48 Å². The first-order valence-corrected chi connectivity index (χ1v) is 9.66.